The van der Waals surface area contributed by atoms with Crippen molar-refractivity contribution in [1.29, 1.82) is 0 Å². The zero-order valence-corrected chi connectivity index (χ0v) is 11.1. The molecule has 1 aromatic carbocycles. The Kier molecular flexibility index (Phi) is 3.57. The van der Waals surface area contributed by atoms with Gasteiger partial charge in [-0.1, -0.05) is 43.6 Å². The predicted octanol–water partition coefficient (Wildman–Crippen LogP) is 3.35. The molecule has 1 aliphatic heterocycles. The van der Waals surface area contributed by atoms with Crippen molar-refractivity contribution in [3.8, 4) is 0 Å². The maximum Gasteiger partial charge on any atom is 0.284 e. The van der Waals surface area contributed by atoms with Crippen LogP contribution in [-0.2, 0) is 0 Å². The lowest BCUT2D eigenvalue weighted by Crippen LogP contribution is -2.39. The van der Waals surface area contributed by atoms with E-state index in [0.29, 0.717) is 12.5 Å². The summed E-state index contributed by atoms with van der Waals surface area (Å²) in [7, 11) is 0. The van der Waals surface area contributed by atoms with Crippen molar-refractivity contribution in [2.45, 2.75) is 19.3 Å². The van der Waals surface area contributed by atoms with Gasteiger partial charge in [-0.15, -0.1) is 0 Å². The van der Waals surface area contributed by atoms with Gasteiger partial charge in [-0.05, 0) is 12.0 Å². The molecule has 5 heteroatoms. The summed E-state index contributed by atoms with van der Waals surface area (Å²) in [5.41, 5.74) is 1.13. The van der Waals surface area contributed by atoms with Crippen molar-refractivity contribution in [1.82, 2.24) is 0 Å². The Hall–Kier alpha value is -1.55. The van der Waals surface area contributed by atoms with Gasteiger partial charge in [-0.2, -0.15) is 0 Å². The molecular weight excluding hydrogens is 252 g/mol. The summed E-state index contributed by atoms with van der Waals surface area (Å²) in [6.07, 6.45) is 1.56. The van der Waals surface area contributed by atoms with Crippen LogP contribution in [0.2, 0.25) is 0 Å². The zero-order chi connectivity index (χ0) is 13.3. The van der Waals surface area contributed by atoms with Gasteiger partial charge in [0, 0.05) is 23.9 Å². The number of alkyl halides is 1. The summed E-state index contributed by atoms with van der Waals surface area (Å²) in [5, 5.41) is 11.0. The van der Waals surface area contributed by atoms with Crippen LogP contribution in [0.1, 0.15) is 19.4 Å². The van der Waals surface area contributed by atoms with Crippen LogP contribution < -0.4 is 4.90 Å². The van der Waals surface area contributed by atoms with Crippen molar-refractivity contribution < 1.29 is 4.92 Å². The topological polar surface area (TPSA) is 46.4 Å². The SMILES string of the molecule is CC(C)CN1c2ccccc2C=C([N+](=O)[O-])C1Cl. The lowest BCUT2D eigenvalue weighted by molar-refractivity contribution is -0.425. The van der Waals surface area contributed by atoms with Gasteiger partial charge in [0.25, 0.3) is 5.70 Å². The fraction of sp³-hybridized carbons (Fsp3) is 0.385. The van der Waals surface area contributed by atoms with E-state index in [2.05, 4.69) is 13.8 Å². The first-order valence-electron chi connectivity index (χ1n) is 5.86. The molecular formula is C13H15ClN2O2. The first-order valence-corrected chi connectivity index (χ1v) is 6.30. The van der Waals surface area contributed by atoms with E-state index in [0.717, 1.165) is 11.3 Å². The number of hydrogen-bond donors (Lipinski definition) is 0. The van der Waals surface area contributed by atoms with Crippen molar-refractivity contribution in [3.63, 3.8) is 0 Å². The molecule has 0 saturated carbocycles. The van der Waals surface area contributed by atoms with Crippen molar-refractivity contribution in [2.75, 3.05) is 11.4 Å². The molecule has 1 aliphatic rings. The molecule has 0 radical (unpaired) electrons. The summed E-state index contributed by atoms with van der Waals surface area (Å²) in [6.45, 7) is 4.82. The Morgan fingerprint density at radius 1 is 1.44 bits per heavy atom. The van der Waals surface area contributed by atoms with Gasteiger partial charge in [0.05, 0.1) is 4.92 Å². The summed E-state index contributed by atoms with van der Waals surface area (Å²) < 4.78 is 0. The molecule has 1 aromatic rings. The normalized spacial score (nSPS) is 18.6. The second-order valence-electron chi connectivity index (χ2n) is 4.77. The van der Waals surface area contributed by atoms with E-state index in [1.54, 1.807) is 6.08 Å². The van der Waals surface area contributed by atoms with E-state index in [9.17, 15) is 10.1 Å². The first-order chi connectivity index (χ1) is 8.50. The highest BCUT2D eigenvalue weighted by Gasteiger charge is 2.34. The molecule has 2 rings (SSSR count). The second kappa shape index (κ2) is 4.98. The number of nitrogens with zero attached hydrogens (tertiary/aromatic N) is 2. The lowest BCUT2D eigenvalue weighted by atomic mass is 10.0. The van der Waals surface area contributed by atoms with Crippen LogP contribution in [0.4, 0.5) is 5.69 Å². The van der Waals surface area contributed by atoms with E-state index in [1.807, 2.05) is 29.2 Å². The molecule has 18 heavy (non-hydrogen) atoms. The summed E-state index contributed by atoms with van der Waals surface area (Å²) >= 11 is 6.23. The van der Waals surface area contributed by atoms with E-state index in [-0.39, 0.29) is 5.70 Å². The molecule has 0 saturated heterocycles. The Bertz CT molecular complexity index is 500. The number of fused-ring (bicyclic) bond motifs is 1. The van der Waals surface area contributed by atoms with Crippen LogP contribution in [0.5, 0.6) is 0 Å². The summed E-state index contributed by atoms with van der Waals surface area (Å²) in [5.74, 6) is 0.380. The molecule has 0 amide bonds. The highest BCUT2D eigenvalue weighted by atomic mass is 35.5. The van der Waals surface area contributed by atoms with E-state index < -0.39 is 10.4 Å². The summed E-state index contributed by atoms with van der Waals surface area (Å²) in [6, 6.07) is 7.60. The molecule has 1 atom stereocenters. The second-order valence-corrected chi connectivity index (χ2v) is 5.18. The third-order valence-electron chi connectivity index (χ3n) is 2.84. The number of nitro groups is 1. The van der Waals surface area contributed by atoms with Crippen LogP contribution in [0.15, 0.2) is 30.0 Å². The van der Waals surface area contributed by atoms with Crippen LogP contribution >= 0.6 is 11.6 Å². The average molecular weight is 267 g/mol. The zero-order valence-electron chi connectivity index (χ0n) is 10.3. The molecule has 0 aromatic heterocycles. The van der Waals surface area contributed by atoms with Crippen molar-refractivity contribution >= 4 is 23.4 Å². The van der Waals surface area contributed by atoms with Crippen LogP contribution in [-0.4, -0.2) is 17.0 Å². The third kappa shape index (κ3) is 2.34. The van der Waals surface area contributed by atoms with Crippen molar-refractivity contribution in [3.05, 3.63) is 45.6 Å². The maximum absolute atomic E-state index is 11.0. The quantitative estimate of drug-likeness (QED) is 0.365. The van der Waals surface area contributed by atoms with Gasteiger partial charge in [0.2, 0.25) is 0 Å². The number of hydrogen-bond acceptors (Lipinski definition) is 3. The number of para-hydroxylation sites is 1. The minimum Gasteiger partial charge on any atom is -0.346 e. The van der Waals surface area contributed by atoms with E-state index in [1.165, 1.54) is 0 Å². The number of anilines is 1. The smallest absolute Gasteiger partial charge is 0.284 e. The van der Waals surface area contributed by atoms with Gasteiger partial charge >= 0.3 is 0 Å². The average Bonchev–Trinajstić information content (AvgIpc) is 2.31. The molecule has 0 bridgehead atoms. The molecule has 0 N–H and O–H groups in total. The summed E-state index contributed by atoms with van der Waals surface area (Å²) in [4.78, 5) is 12.5. The van der Waals surface area contributed by atoms with Gasteiger partial charge in [0.15, 0.2) is 5.50 Å². The fourth-order valence-corrected chi connectivity index (χ4v) is 2.43. The molecule has 1 heterocycles. The Labute approximate surface area is 111 Å². The minimum absolute atomic E-state index is 0.0380. The minimum atomic E-state index is -0.711. The Morgan fingerprint density at radius 3 is 2.72 bits per heavy atom. The fourth-order valence-electron chi connectivity index (χ4n) is 2.10. The standard InChI is InChI=1S/C13H15ClN2O2/c1-9(2)8-15-11-6-4-3-5-10(11)7-12(13(15)14)16(17)18/h3-7,9,13H,8H2,1-2H3. The molecule has 0 aliphatic carbocycles. The Balaban J connectivity index is 2.48. The maximum atomic E-state index is 11.0. The van der Waals surface area contributed by atoms with Gasteiger partial charge in [-0.3, -0.25) is 10.1 Å². The van der Waals surface area contributed by atoms with E-state index >= 15 is 0 Å². The van der Waals surface area contributed by atoms with E-state index in [4.69, 9.17) is 11.6 Å². The van der Waals surface area contributed by atoms with Crippen LogP contribution in [0.25, 0.3) is 6.08 Å². The van der Waals surface area contributed by atoms with Gasteiger partial charge in [0.1, 0.15) is 0 Å². The van der Waals surface area contributed by atoms with Gasteiger partial charge in [-0.25, -0.2) is 0 Å². The first kappa shape index (κ1) is 12.9. The number of halogens is 1. The largest absolute Gasteiger partial charge is 0.346 e. The van der Waals surface area contributed by atoms with Crippen molar-refractivity contribution in [2.24, 2.45) is 5.92 Å². The number of rotatable bonds is 3. The molecule has 96 valence electrons. The highest BCUT2D eigenvalue weighted by molar-refractivity contribution is 6.24. The highest BCUT2D eigenvalue weighted by Crippen LogP contribution is 2.34. The van der Waals surface area contributed by atoms with Gasteiger partial charge < -0.3 is 4.90 Å². The lowest BCUT2D eigenvalue weighted by Gasteiger charge is -2.33. The Morgan fingerprint density at radius 2 is 2.11 bits per heavy atom. The van der Waals surface area contributed by atoms with Crippen LogP contribution in [0, 0.1) is 16.0 Å². The molecule has 1 unspecified atom stereocenters. The molecule has 4 nitrogen and oxygen atoms in total. The monoisotopic (exact) mass is 266 g/mol. The third-order valence-corrected chi connectivity index (χ3v) is 3.30. The molecule has 0 fully saturated rings. The number of benzene rings is 1. The predicted molar refractivity (Wildman–Crippen MR) is 73.2 cm³/mol. The van der Waals surface area contributed by atoms with Crippen LogP contribution in [0.3, 0.4) is 0 Å². The molecule has 0 spiro atoms.